The maximum Gasteiger partial charge on any atom is 0.278 e. The highest BCUT2D eigenvalue weighted by Gasteiger charge is 2.28. The van der Waals surface area contributed by atoms with Gasteiger partial charge < -0.3 is 15.1 Å². The van der Waals surface area contributed by atoms with Crippen LogP contribution in [0, 0.1) is 0 Å². The van der Waals surface area contributed by atoms with Gasteiger partial charge in [0.15, 0.2) is 13.1 Å². The molecule has 7 nitrogen and oxygen atoms in total. The number of quaternary nitrogens is 1. The van der Waals surface area contributed by atoms with Gasteiger partial charge in [0.1, 0.15) is 13.1 Å². The lowest BCUT2D eigenvalue weighted by atomic mass is 10.3. The molecule has 3 rings (SSSR count). The molecule has 2 amide bonds. The molecule has 2 aliphatic rings. The van der Waals surface area contributed by atoms with Crippen LogP contribution in [0.15, 0.2) is 24.4 Å². The van der Waals surface area contributed by atoms with Crippen LogP contribution in [0.1, 0.15) is 12.8 Å². The van der Waals surface area contributed by atoms with Gasteiger partial charge in [0.25, 0.3) is 17.6 Å². The average Bonchev–Trinajstić information content (AvgIpc) is 3.39. The summed E-state index contributed by atoms with van der Waals surface area (Å²) in [7, 11) is 1.90. The molecule has 3 N–H and O–H groups in total. The third-order valence-electron chi connectivity index (χ3n) is 4.52. The number of carbonyl (C=O) groups is 2. The van der Waals surface area contributed by atoms with Gasteiger partial charge in [-0.1, -0.05) is 6.07 Å². The quantitative estimate of drug-likeness (QED) is 0.629. The molecule has 1 aliphatic heterocycles. The minimum atomic E-state index is 0.0484. The summed E-state index contributed by atoms with van der Waals surface area (Å²) >= 11 is 0. The van der Waals surface area contributed by atoms with Gasteiger partial charge in [-0.2, -0.15) is 0 Å². The van der Waals surface area contributed by atoms with Gasteiger partial charge in [0.2, 0.25) is 0 Å². The fourth-order valence-corrected chi connectivity index (χ4v) is 2.99. The molecule has 1 aromatic heterocycles. The number of aromatic nitrogens is 1. The number of nitrogens with zero attached hydrogens (tertiary/aromatic N) is 2. The lowest BCUT2D eigenvalue weighted by Gasteiger charge is -2.31. The number of nitrogens with one attached hydrogen (secondary N) is 3. The molecule has 130 valence electrons. The summed E-state index contributed by atoms with van der Waals surface area (Å²) in [4.78, 5) is 32.5. The van der Waals surface area contributed by atoms with Gasteiger partial charge in [0.05, 0.1) is 26.3 Å². The fraction of sp³-hybridized carbons (Fsp3) is 0.588. The zero-order valence-electron chi connectivity index (χ0n) is 14.3. The monoisotopic (exact) mass is 333 g/mol. The zero-order valence-corrected chi connectivity index (χ0v) is 14.3. The molecule has 0 aromatic carbocycles. The lowest BCUT2D eigenvalue weighted by Crippen LogP contribution is -3.11. The van der Waals surface area contributed by atoms with Crippen LogP contribution in [0.5, 0.6) is 0 Å². The Labute approximate surface area is 142 Å². The zero-order chi connectivity index (χ0) is 16.9. The Hall–Kier alpha value is -2.15. The second kappa shape index (κ2) is 7.61. The van der Waals surface area contributed by atoms with Crippen LogP contribution < -0.4 is 20.1 Å². The Morgan fingerprint density at radius 1 is 1.21 bits per heavy atom. The molecule has 1 atom stereocenters. The van der Waals surface area contributed by atoms with Crippen molar-refractivity contribution in [2.45, 2.75) is 18.9 Å². The number of hydrogen-bond acceptors (Lipinski definition) is 3. The van der Waals surface area contributed by atoms with Crippen LogP contribution in [0.4, 0.5) is 5.82 Å². The molecule has 7 heteroatoms. The minimum absolute atomic E-state index is 0.0484. The SMILES string of the molecule is C[NH+](CC(=O)NC1CC1)CC(=O)N1CCN(c2cccc[nH+]2)CC1. The van der Waals surface area contributed by atoms with E-state index >= 15 is 0 Å². The summed E-state index contributed by atoms with van der Waals surface area (Å²) in [6, 6.07) is 6.40. The third-order valence-corrected chi connectivity index (χ3v) is 4.52. The van der Waals surface area contributed by atoms with Crippen LogP contribution in [0.2, 0.25) is 0 Å². The molecule has 0 radical (unpaired) electrons. The molecular formula is C17H27N5O2+2. The highest BCUT2D eigenvalue weighted by molar-refractivity contribution is 5.79. The number of amides is 2. The van der Waals surface area contributed by atoms with Crippen molar-refractivity contribution in [3.8, 4) is 0 Å². The topological polar surface area (TPSA) is 71.2 Å². The number of carbonyl (C=O) groups excluding carboxylic acids is 2. The Bertz CT molecular complexity index is 568. The van der Waals surface area contributed by atoms with Gasteiger partial charge in [0, 0.05) is 12.1 Å². The van der Waals surface area contributed by atoms with Crippen molar-refractivity contribution in [3.63, 3.8) is 0 Å². The van der Waals surface area contributed by atoms with E-state index < -0.39 is 0 Å². The maximum atomic E-state index is 12.4. The molecule has 0 spiro atoms. The Kier molecular flexibility index (Phi) is 5.30. The van der Waals surface area contributed by atoms with Gasteiger partial charge in [-0.25, -0.2) is 4.98 Å². The van der Waals surface area contributed by atoms with E-state index in [0.29, 0.717) is 19.1 Å². The van der Waals surface area contributed by atoms with Crippen molar-refractivity contribution in [2.75, 3.05) is 51.2 Å². The summed E-state index contributed by atoms with van der Waals surface area (Å²) in [6.07, 6.45) is 4.09. The number of anilines is 1. The molecular weight excluding hydrogens is 306 g/mol. The number of aromatic amines is 1. The van der Waals surface area contributed by atoms with Crippen molar-refractivity contribution in [1.29, 1.82) is 0 Å². The molecule has 1 aliphatic carbocycles. The summed E-state index contributed by atoms with van der Waals surface area (Å²) < 4.78 is 0. The minimum Gasteiger partial charge on any atom is -0.348 e. The molecule has 2 heterocycles. The second-order valence-corrected chi connectivity index (χ2v) is 6.77. The number of likely N-dealkylation sites (N-methyl/N-ethyl adjacent to an activating group) is 1. The molecule has 1 unspecified atom stereocenters. The smallest absolute Gasteiger partial charge is 0.278 e. The number of pyridine rings is 1. The Morgan fingerprint density at radius 2 is 1.96 bits per heavy atom. The highest BCUT2D eigenvalue weighted by Crippen LogP contribution is 2.18. The molecule has 2 fully saturated rings. The van der Waals surface area contributed by atoms with E-state index in [9.17, 15) is 9.59 Å². The first-order chi connectivity index (χ1) is 11.6. The van der Waals surface area contributed by atoms with Gasteiger partial charge in [-0.3, -0.25) is 14.5 Å². The van der Waals surface area contributed by atoms with Crippen molar-refractivity contribution in [2.24, 2.45) is 0 Å². The van der Waals surface area contributed by atoms with E-state index in [0.717, 1.165) is 49.7 Å². The summed E-state index contributed by atoms with van der Waals surface area (Å²) in [5.74, 6) is 1.26. The summed E-state index contributed by atoms with van der Waals surface area (Å²) in [6.45, 7) is 3.84. The van der Waals surface area contributed by atoms with Crippen molar-refractivity contribution in [1.82, 2.24) is 10.2 Å². The molecule has 24 heavy (non-hydrogen) atoms. The molecule has 1 aromatic rings. The van der Waals surface area contributed by atoms with Crippen LogP contribution in [-0.2, 0) is 9.59 Å². The standard InChI is InChI=1S/C17H25N5O2/c1-20(12-16(23)19-14-5-6-14)13-17(24)22-10-8-21(9-11-22)15-4-2-3-7-18-15/h2-4,7,14H,5-6,8-13H2,1H3,(H,19,23)/p+2. The first-order valence-electron chi connectivity index (χ1n) is 8.72. The van der Waals surface area contributed by atoms with Crippen molar-refractivity contribution in [3.05, 3.63) is 24.4 Å². The van der Waals surface area contributed by atoms with Crippen LogP contribution in [-0.4, -0.2) is 69.1 Å². The van der Waals surface area contributed by atoms with E-state index in [1.807, 2.05) is 36.3 Å². The average molecular weight is 333 g/mol. The first kappa shape index (κ1) is 16.7. The molecule has 0 bridgehead atoms. The Balaban J connectivity index is 1.40. The van der Waals surface area contributed by atoms with Crippen LogP contribution in [0.25, 0.3) is 0 Å². The fourth-order valence-electron chi connectivity index (χ4n) is 2.99. The van der Waals surface area contributed by atoms with E-state index in [1.165, 1.54) is 0 Å². The molecule has 1 saturated carbocycles. The number of piperazine rings is 1. The summed E-state index contributed by atoms with van der Waals surface area (Å²) in [5, 5.41) is 2.97. The van der Waals surface area contributed by atoms with E-state index in [-0.39, 0.29) is 11.8 Å². The normalized spacial score (nSPS) is 19.0. The van der Waals surface area contributed by atoms with Gasteiger partial charge >= 0.3 is 0 Å². The largest absolute Gasteiger partial charge is 0.348 e. The van der Waals surface area contributed by atoms with E-state index in [1.54, 1.807) is 0 Å². The third kappa shape index (κ3) is 4.67. The van der Waals surface area contributed by atoms with Crippen molar-refractivity contribution < 1.29 is 19.5 Å². The number of hydrogen-bond donors (Lipinski definition) is 2. The predicted molar refractivity (Wildman–Crippen MR) is 89.6 cm³/mol. The van der Waals surface area contributed by atoms with E-state index in [2.05, 4.69) is 15.2 Å². The van der Waals surface area contributed by atoms with Crippen molar-refractivity contribution >= 4 is 17.6 Å². The lowest BCUT2D eigenvalue weighted by molar-refractivity contribution is -0.863. The van der Waals surface area contributed by atoms with E-state index in [4.69, 9.17) is 0 Å². The molecule has 1 saturated heterocycles. The number of H-pyrrole nitrogens is 1. The van der Waals surface area contributed by atoms with Crippen LogP contribution >= 0.6 is 0 Å². The van der Waals surface area contributed by atoms with Crippen LogP contribution in [0.3, 0.4) is 0 Å². The number of rotatable bonds is 6. The van der Waals surface area contributed by atoms with Gasteiger partial charge in [-0.15, -0.1) is 0 Å². The van der Waals surface area contributed by atoms with Gasteiger partial charge in [-0.05, 0) is 18.9 Å². The summed E-state index contributed by atoms with van der Waals surface area (Å²) in [5.41, 5.74) is 0. The second-order valence-electron chi connectivity index (χ2n) is 6.77. The first-order valence-corrected chi connectivity index (χ1v) is 8.72. The Morgan fingerprint density at radius 3 is 2.58 bits per heavy atom. The maximum absolute atomic E-state index is 12.4. The highest BCUT2D eigenvalue weighted by atomic mass is 16.2. The predicted octanol–water partition coefficient (Wildman–Crippen LogP) is -2.06.